The van der Waals surface area contributed by atoms with Gasteiger partial charge < -0.3 is 0 Å². The molecule has 1 aliphatic carbocycles. The third-order valence-electron chi connectivity index (χ3n) is 2.84. The second-order valence-corrected chi connectivity index (χ2v) is 5.71. The molecule has 2 heterocycles. The summed E-state index contributed by atoms with van der Waals surface area (Å²) in [5.41, 5.74) is 0.928. The molecule has 1 aliphatic rings. The normalized spacial score (nSPS) is 14.8. The van der Waals surface area contributed by atoms with Crippen LogP contribution in [-0.2, 0) is 0 Å². The first-order chi connectivity index (χ1) is 8.74. The quantitative estimate of drug-likeness (QED) is 0.799. The lowest BCUT2D eigenvalue weighted by atomic mass is 10.3. The van der Waals surface area contributed by atoms with E-state index in [4.69, 9.17) is 11.6 Å². The Morgan fingerprint density at radius 2 is 2.11 bits per heavy atom. The van der Waals surface area contributed by atoms with Crippen LogP contribution >= 0.6 is 23.4 Å². The third-order valence-corrected chi connectivity index (χ3v) is 4.25. The van der Waals surface area contributed by atoms with E-state index >= 15 is 0 Å². The van der Waals surface area contributed by atoms with Crippen molar-refractivity contribution in [3.05, 3.63) is 40.9 Å². The molecule has 0 N–H and O–H groups in total. The second kappa shape index (κ2) is 4.86. The molecule has 2 aromatic heterocycles. The van der Waals surface area contributed by atoms with Crippen molar-refractivity contribution in [1.29, 1.82) is 0 Å². The van der Waals surface area contributed by atoms with E-state index in [1.54, 1.807) is 18.0 Å². The van der Waals surface area contributed by atoms with E-state index in [0.29, 0.717) is 11.1 Å². The Bertz CT molecular complexity index is 570. The molecule has 0 unspecified atom stereocenters. The highest BCUT2D eigenvalue weighted by atomic mass is 35.5. The van der Waals surface area contributed by atoms with Crippen molar-refractivity contribution in [3.63, 3.8) is 0 Å². The number of halogens is 1. The van der Waals surface area contributed by atoms with Crippen molar-refractivity contribution in [2.24, 2.45) is 0 Å². The Labute approximate surface area is 115 Å². The van der Waals surface area contributed by atoms with Crippen LogP contribution in [-0.4, -0.2) is 15.0 Å². The summed E-state index contributed by atoms with van der Waals surface area (Å²) < 4.78 is 0. The highest BCUT2D eigenvalue weighted by molar-refractivity contribution is 7.99. The first-order valence-corrected chi connectivity index (χ1v) is 7.06. The molecule has 3 nitrogen and oxygen atoms in total. The molecule has 18 heavy (non-hydrogen) atoms. The largest absolute Gasteiger partial charge is 0.250 e. The van der Waals surface area contributed by atoms with Crippen LogP contribution in [0.5, 0.6) is 0 Å². The molecule has 0 aliphatic heterocycles. The van der Waals surface area contributed by atoms with Crippen LogP contribution in [0.3, 0.4) is 0 Å². The summed E-state index contributed by atoms with van der Waals surface area (Å²) in [5.74, 6) is 1.38. The van der Waals surface area contributed by atoms with Crippen LogP contribution in [0, 0.1) is 6.92 Å². The fourth-order valence-corrected chi connectivity index (χ4v) is 2.69. The van der Waals surface area contributed by atoms with Crippen LogP contribution in [0.2, 0.25) is 5.15 Å². The Hall–Kier alpha value is -1.13. The van der Waals surface area contributed by atoms with E-state index in [1.807, 2.05) is 25.1 Å². The van der Waals surface area contributed by atoms with Crippen LogP contribution in [0.4, 0.5) is 0 Å². The van der Waals surface area contributed by atoms with E-state index in [1.165, 1.54) is 12.8 Å². The predicted molar refractivity (Wildman–Crippen MR) is 72.1 cm³/mol. The molecule has 2 aromatic rings. The summed E-state index contributed by atoms with van der Waals surface area (Å²) in [4.78, 5) is 13.3. The number of hydrogen-bond acceptors (Lipinski definition) is 4. The van der Waals surface area contributed by atoms with Gasteiger partial charge in [-0.25, -0.2) is 15.0 Å². The highest BCUT2D eigenvalue weighted by Crippen LogP contribution is 2.40. The number of pyridine rings is 1. The van der Waals surface area contributed by atoms with Crippen molar-refractivity contribution in [1.82, 2.24) is 15.0 Å². The second-order valence-electron chi connectivity index (χ2n) is 4.35. The van der Waals surface area contributed by atoms with Gasteiger partial charge in [0.15, 0.2) is 0 Å². The molecule has 0 atom stereocenters. The van der Waals surface area contributed by atoms with Crippen LogP contribution in [0.15, 0.2) is 34.4 Å². The van der Waals surface area contributed by atoms with Gasteiger partial charge in [0, 0.05) is 17.7 Å². The molecule has 3 rings (SSSR count). The van der Waals surface area contributed by atoms with Crippen molar-refractivity contribution in [2.75, 3.05) is 0 Å². The maximum atomic E-state index is 6.17. The molecule has 0 bridgehead atoms. The molecule has 0 amide bonds. The standard InChI is InChI=1S/C13H12ClN3S/c1-8-11(14)16-12(9-5-6-9)17-13(8)18-10-4-2-3-7-15-10/h2-4,7,9H,5-6H2,1H3. The molecule has 0 spiro atoms. The minimum atomic E-state index is 0.506. The smallest absolute Gasteiger partial charge is 0.136 e. The molecule has 0 aromatic carbocycles. The number of rotatable bonds is 3. The molecule has 1 fully saturated rings. The Balaban J connectivity index is 1.95. The fraction of sp³-hybridized carbons (Fsp3) is 0.308. The average molecular weight is 278 g/mol. The number of nitrogens with zero attached hydrogens (tertiary/aromatic N) is 3. The van der Waals surface area contributed by atoms with Crippen molar-refractivity contribution < 1.29 is 0 Å². The van der Waals surface area contributed by atoms with E-state index in [9.17, 15) is 0 Å². The van der Waals surface area contributed by atoms with Gasteiger partial charge in [-0.15, -0.1) is 0 Å². The molecular weight excluding hydrogens is 266 g/mol. The monoisotopic (exact) mass is 277 g/mol. The Kier molecular flexibility index (Phi) is 3.22. The third kappa shape index (κ3) is 2.49. The van der Waals surface area contributed by atoms with E-state index in [2.05, 4.69) is 15.0 Å². The van der Waals surface area contributed by atoms with Gasteiger partial charge in [0.1, 0.15) is 21.0 Å². The number of hydrogen-bond donors (Lipinski definition) is 0. The van der Waals surface area contributed by atoms with Gasteiger partial charge in [-0.05, 0) is 43.7 Å². The molecule has 1 saturated carbocycles. The first-order valence-electron chi connectivity index (χ1n) is 5.87. The lowest BCUT2D eigenvalue weighted by molar-refractivity contribution is 0.861. The van der Waals surface area contributed by atoms with Crippen molar-refractivity contribution >= 4 is 23.4 Å². The lowest BCUT2D eigenvalue weighted by Crippen LogP contribution is -1.98. The molecular formula is C13H12ClN3S. The summed E-state index contributed by atoms with van der Waals surface area (Å²) in [7, 11) is 0. The van der Waals surface area contributed by atoms with Crippen molar-refractivity contribution in [3.8, 4) is 0 Å². The summed E-state index contributed by atoms with van der Waals surface area (Å²) in [5, 5.41) is 2.40. The predicted octanol–water partition coefficient (Wildman–Crippen LogP) is 3.86. The topological polar surface area (TPSA) is 38.7 Å². The molecule has 0 saturated heterocycles. The van der Waals surface area contributed by atoms with Gasteiger partial charge in [-0.3, -0.25) is 0 Å². The minimum absolute atomic E-state index is 0.506. The van der Waals surface area contributed by atoms with E-state index < -0.39 is 0 Å². The number of aromatic nitrogens is 3. The zero-order valence-electron chi connectivity index (χ0n) is 9.93. The van der Waals surface area contributed by atoms with Gasteiger partial charge in [0.05, 0.1) is 0 Å². The lowest BCUT2D eigenvalue weighted by Gasteiger charge is -2.07. The van der Waals surface area contributed by atoms with Gasteiger partial charge in [-0.2, -0.15) is 0 Å². The fourth-order valence-electron chi connectivity index (χ4n) is 1.62. The SMILES string of the molecule is Cc1c(Cl)nc(C2CC2)nc1Sc1ccccn1. The van der Waals surface area contributed by atoms with Crippen LogP contribution < -0.4 is 0 Å². The van der Waals surface area contributed by atoms with E-state index in [-0.39, 0.29) is 0 Å². The summed E-state index contributed by atoms with van der Waals surface area (Å²) in [6.07, 6.45) is 4.13. The molecule has 92 valence electrons. The van der Waals surface area contributed by atoms with Crippen molar-refractivity contribution in [2.45, 2.75) is 35.7 Å². The zero-order chi connectivity index (χ0) is 12.5. The summed E-state index contributed by atoms with van der Waals surface area (Å²) >= 11 is 7.71. The van der Waals surface area contributed by atoms with E-state index in [0.717, 1.165) is 21.4 Å². The maximum absolute atomic E-state index is 6.17. The minimum Gasteiger partial charge on any atom is -0.250 e. The highest BCUT2D eigenvalue weighted by Gasteiger charge is 2.28. The summed E-state index contributed by atoms with van der Waals surface area (Å²) in [6, 6.07) is 5.84. The first kappa shape index (κ1) is 11.9. The van der Waals surface area contributed by atoms with Crippen LogP contribution in [0.1, 0.15) is 30.1 Å². The summed E-state index contributed by atoms with van der Waals surface area (Å²) in [6.45, 7) is 1.95. The van der Waals surface area contributed by atoms with Crippen LogP contribution in [0.25, 0.3) is 0 Å². The van der Waals surface area contributed by atoms with Gasteiger partial charge in [0.2, 0.25) is 0 Å². The van der Waals surface area contributed by atoms with Gasteiger partial charge in [-0.1, -0.05) is 17.7 Å². The Morgan fingerprint density at radius 1 is 1.28 bits per heavy atom. The van der Waals surface area contributed by atoms with Gasteiger partial charge in [0.25, 0.3) is 0 Å². The maximum Gasteiger partial charge on any atom is 0.136 e. The molecule has 5 heteroatoms. The molecule has 0 radical (unpaired) electrons. The Morgan fingerprint density at radius 3 is 2.78 bits per heavy atom. The zero-order valence-corrected chi connectivity index (χ0v) is 11.5. The average Bonchev–Trinajstić information content (AvgIpc) is 3.20. The van der Waals surface area contributed by atoms with Gasteiger partial charge >= 0.3 is 0 Å².